The van der Waals surface area contributed by atoms with Crippen LogP contribution in [0.2, 0.25) is 0 Å². The lowest BCUT2D eigenvalue weighted by Gasteiger charge is -2.36. The fraction of sp³-hybridized carbons (Fsp3) is 0.429. The minimum absolute atomic E-state index is 0.0920. The summed E-state index contributed by atoms with van der Waals surface area (Å²) >= 11 is 0. The molecule has 0 spiro atoms. The Morgan fingerprint density at radius 3 is 2.35 bits per heavy atom. The lowest BCUT2D eigenvalue weighted by atomic mass is 10.1. The molecule has 1 aromatic carbocycles. The van der Waals surface area contributed by atoms with Gasteiger partial charge in [0, 0.05) is 51.2 Å². The standard InChI is InChI=1S/C21H26N4O/c1-17-5-4-6-19(15-17)23-11-13-25(14-12-23)21(26)18-7-8-20(22-16-18)24-9-2-3-10-24/h4-8,15-16H,2-3,9-14H2,1H3. The van der Waals surface area contributed by atoms with E-state index in [-0.39, 0.29) is 5.91 Å². The van der Waals surface area contributed by atoms with Crippen molar-refractivity contribution < 1.29 is 4.79 Å². The highest BCUT2D eigenvalue weighted by atomic mass is 16.2. The van der Waals surface area contributed by atoms with E-state index < -0.39 is 0 Å². The van der Waals surface area contributed by atoms with E-state index in [1.165, 1.54) is 24.1 Å². The molecule has 0 unspecified atom stereocenters. The zero-order valence-electron chi connectivity index (χ0n) is 15.4. The number of benzene rings is 1. The van der Waals surface area contributed by atoms with Crippen molar-refractivity contribution in [2.24, 2.45) is 0 Å². The molecule has 0 N–H and O–H groups in total. The Balaban J connectivity index is 1.37. The predicted molar refractivity (Wildman–Crippen MR) is 105 cm³/mol. The minimum atomic E-state index is 0.0920. The largest absolute Gasteiger partial charge is 0.368 e. The first kappa shape index (κ1) is 16.9. The summed E-state index contributed by atoms with van der Waals surface area (Å²) < 4.78 is 0. The molecule has 1 aromatic heterocycles. The Kier molecular flexibility index (Phi) is 4.78. The van der Waals surface area contributed by atoms with Gasteiger partial charge < -0.3 is 14.7 Å². The quantitative estimate of drug-likeness (QED) is 0.853. The fourth-order valence-electron chi connectivity index (χ4n) is 3.82. The van der Waals surface area contributed by atoms with Crippen LogP contribution in [-0.2, 0) is 0 Å². The van der Waals surface area contributed by atoms with E-state index in [2.05, 4.69) is 46.0 Å². The van der Waals surface area contributed by atoms with Gasteiger partial charge in [-0.2, -0.15) is 0 Å². The Morgan fingerprint density at radius 1 is 0.923 bits per heavy atom. The van der Waals surface area contributed by atoms with Crippen molar-refractivity contribution in [2.75, 3.05) is 49.1 Å². The van der Waals surface area contributed by atoms with Gasteiger partial charge in [0.05, 0.1) is 5.56 Å². The molecule has 1 amide bonds. The van der Waals surface area contributed by atoms with Gasteiger partial charge in [-0.25, -0.2) is 4.98 Å². The molecule has 0 radical (unpaired) electrons. The first-order valence-corrected chi connectivity index (χ1v) is 9.52. The Labute approximate surface area is 155 Å². The Hall–Kier alpha value is -2.56. The van der Waals surface area contributed by atoms with E-state index >= 15 is 0 Å². The van der Waals surface area contributed by atoms with E-state index in [1.54, 1.807) is 6.20 Å². The van der Waals surface area contributed by atoms with Gasteiger partial charge in [0.2, 0.25) is 0 Å². The summed E-state index contributed by atoms with van der Waals surface area (Å²) in [5.74, 6) is 1.08. The van der Waals surface area contributed by atoms with Crippen molar-refractivity contribution in [1.82, 2.24) is 9.88 Å². The summed E-state index contributed by atoms with van der Waals surface area (Å²) in [6.07, 6.45) is 4.20. The van der Waals surface area contributed by atoms with Crippen LogP contribution >= 0.6 is 0 Å². The van der Waals surface area contributed by atoms with E-state index in [1.807, 2.05) is 17.0 Å². The fourth-order valence-corrected chi connectivity index (χ4v) is 3.82. The van der Waals surface area contributed by atoms with Gasteiger partial charge in [-0.3, -0.25) is 4.79 Å². The maximum absolute atomic E-state index is 12.8. The third-order valence-electron chi connectivity index (χ3n) is 5.36. The SMILES string of the molecule is Cc1cccc(N2CCN(C(=O)c3ccc(N4CCCC4)nc3)CC2)c1. The molecule has 5 heteroatoms. The normalized spacial score (nSPS) is 17.7. The van der Waals surface area contributed by atoms with Crippen LogP contribution in [0.4, 0.5) is 11.5 Å². The molecule has 4 rings (SSSR count). The average molecular weight is 350 g/mol. The van der Waals surface area contributed by atoms with Crippen LogP contribution in [0.3, 0.4) is 0 Å². The molecular formula is C21H26N4O. The number of aromatic nitrogens is 1. The number of rotatable bonds is 3. The number of piperazine rings is 1. The highest BCUT2D eigenvalue weighted by Crippen LogP contribution is 2.20. The third-order valence-corrected chi connectivity index (χ3v) is 5.36. The van der Waals surface area contributed by atoms with Crippen LogP contribution in [0.15, 0.2) is 42.6 Å². The Bertz CT molecular complexity index is 760. The Morgan fingerprint density at radius 2 is 1.69 bits per heavy atom. The van der Waals surface area contributed by atoms with Crippen molar-refractivity contribution in [1.29, 1.82) is 0 Å². The van der Waals surface area contributed by atoms with Crippen molar-refractivity contribution in [3.05, 3.63) is 53.7 Å². The van der Waals surface area contributed by atoms with Crippen LogP contribution in [-0.4, -0.2) is 55.1 Å². The molecule has 2 aliphatic rings. The number of pyridine rings is 1. The number of hydrogen-bond acceptors (Lipinski definition) is 4. The molecule has 136 valence electrons. The maximum Gasteiger partial charge on any atom is 0.255 e. The molecular weight excluding hydrogens is 324 g/mol. The number of hydrogen-bond donors (Lipinski definition) is 0. The number of anilines is 2. The second-order valence-corrected chi connectivity index (χ2v) is 7.22. The van der Waals surface area contributed by atoms with Crippen LogP contribution in [0.25, 0.3) is 0 Å². The summed E-state index contributed by atoms with van der Waals surface area (Å²) in [6, 6.07) is 12.5. The van der Waals surface area contributed by atoms with Gasteiger partial charge in [-0.05, 0) is 49.6 Å². The zero-order valence-corrected chi connectivity index (χ0v) is 15.4. The summed E-state index contributed by atoms with van der Waals surface area (Å²) in [6.45, 7) is 7.49. The van der Waals surface area contributed by atoms with Crippen LogP contribution in [0.1, 0.15) is 28.8 Å². The van der Waals surface area contributed by atoms with Crippen molar-refractivity contribution in [3.8, 4) is 0 Å². The number of carbonyl (C=O) groups is 1. The maximum atomic E-state index is 12.8. The van der Waals surface area contributed by atoms with Gasteiger partial charge in [0.15, 0.2) is 0 Å². The van der Waals surface area contributed by atoms with E-state index in [0.717, 1.165) is 45.1 Å². The summed E-state index contributed by atoms with van der Waals surface area (Å²) in [7, 11) is 0. The molecule has 0 aliphatic carbocycles. The third kappa shape index (κ3) is 3.52. The molecule has 2 saturated heterocycles. The predicted octanol–water partition coefficient (Wildman–Crippen LogP) is 2.95. The lowest BCUT2D eigenvalue weighted by molar-refractivity contribution is 0.0746. The van der Waals surface area contributed by atoms with E-state index in [0.29, 0.717) is 5.56 Å². The van der Waals surface area contributed by atoms with Gasteiger partial charge in [-0.15, -0.1) is 0 Å². The molecule has 5 nitrogen and oxygen atoms in total. The number of carbonyl (C=O) groups excluding carboxylic acids is 1. The number of amides is 1. The van der Waals surface area contributed by atoms with E-state index in [9.17, 15) is 4.79 Å². The van der Waals surface area contributed by atoms with Crippen molar-refractivity contribution in [2.45, 2.75) is 19.8 Å². The van der Waals surface area contributed by atoms with Gasteiger partial charge in [-0.1, -0.05) is 12.1 Å². The lowest BCUT2D eigenvalue weighted by Crippen LogP contribution is -2.48. The van der Waals surface area contributed by atoms with Crippen molar-refractivity contribution >= 4 is 17.4 Å². The summed E-state index contributed by atoms with van der Waals surface area (Å²) in [5.41, 5.74) is 3.20. The highest BCUT2D eigenvalue weighted by molar-refractivity contribution is 5.94. The summed E-state index contributed by atoms with van der Waals surface area (Å²) in [4.78, 5) is 23.9. The molecule has 0 bridgehead atoms. The molecule has 2 aliphatic heterocycles. The van der Waals surface area contributed by atoms with Crippen LogP contribution in [0, 0.1) is 6.92 Å². The van der Waals surface area contributed by atoms with Gasteiger partial charge in [0.25, 0.3) is 5.91 Å². The average Bonchev–Trinajstić information content (AvgIpc) is 3.23. The van der Waals surface area contributed by atoms with E-state index in [4.69, 9.17) is 0 Å². The van der Waals surface area contributed by atoms with Gasteiger partial charge >= 0.3 is 0 Å². The molecule has 0 atom stereocenters. The highest BCUT2D eigenvalue weighted by Gasteiger charge is 2.23. The molecule has 2 aromatic rings. The van der Waals surface area contributed by atoms with Crippen molar-refractivity contribution in [3.63, 3.8) is 0 Å². The summed E-state index contributed by atoms with van der Waals surface area (Å²) in [5, 5.41) is 0. The molecule has 3 heterocycles. The zero-order chi connectivity index (χ0) is 17.9. The first-order chi connectivity index (χ1) is 12.7. The second kappa shape index (κ2) is 7.36. The minimum Gasteiger partial charge on any atom is -0.368 e. The number of aryl methyl sites for hydroxylation is 1. The molecule has 0 saturated carbocycles. The van der Waals surface area contributed by atoms with Crippen LogP contribution in [0.5, 0.6) is 0 Å². The van der Waals surface area contributed by atoms with Gasteiger partial charge in [0.1, 0.15) is 5.82 Å². The molecule has 26 heavy (non-hydrogen) atoms. The molecule has 2 fully saturated rings. The monoisotopic (exact) mass is 350 g/mol. The second-order valence-electron chi connectivity index (χ2n) is 7.22. The smallest absolute Gasteiger partial charge is 0.255 e. The first-order valence-electron chi connectivity index (χ1n) is 9.52. The van der Waals surface area contributed by atoms with Crippen LogP contribution < -0.4 is 9.80 Å². The topological polar surface area (TPSA) is 39.7 Å². The number of nitrogens with zero attached hydrogens (tertiary/aromatic N) is 4.